The van der Waals surface area contributed by atoms with Gasteiger partial charge in [-0.15, -0.1) is 0 Å². The van der Waals surface area contributed by atoms with Crippen LogP contribution in [0.5, 0.6) is 0 Å². The molecular weight excluding hydrogens is 296 g/mol. The molecule has 6 heteroatoms. The van der Waals surface area contributed by atoms with Crippen LogP contribution in [-0.2, 0) is 4.79 Å². The monoisotopic (exact) mass is 316 g/mol. The van der Waals surface area contributed by atoms with E-state index in [1.54, 1.807) is 37.3 Å². The van der Waals surface area contributed by atoms with Crippen LogP contribution in [-0.4, -0.2) is 22.1 Å². The van der Waals surface area contributed by atoms with Gasteiger partial charge in [-0.05, 0) is 12.5 Å². The van der Waals surface area contributed by atoms with Crippen molar-refractivity contribution in [3.63, 3.8) is 0 Å². The number of aromatic nitrogens is 1. The van der Waals surface area contributed by atoms with Crippen molar-refractivity contribution in [3.8, 4) is 0 Å². The first-order valence-electron chi connectivity index (χ1n) is 7.45. The lowest BCUT2D eigenvalue weighted by Crippen LogP contribution is -2.35. The Balaban J connectivity index is 2.23. The average molecular weight is 316 g/mol. The molecule has 1 aromatic carbocycles. The van der Waals surface area contributed by atoms with Crippen molar-refractivity contribution in [1.29, 1.82) is 0 Å². The third kappa shape index (κ3) is 3.97. The number of carbonyl (C=O) groups excluding carboxylic acids is 1. The number of amides is 1. The molecule has 2 rings (SSSR count). The molecule has 0 radical (unpaired) electrons. The Bertz CT molecular complexity index is 679. The highest BCUT2D eigenvalue weighted by molar-refractivity contribution is 5.92. The first-order valence-corrected chi connectivity index (χ1v) is 7.45. The second-order valence-electron chi connectivity index (χ2n) is 5.76. The van der Waals surface area contributed by atoms with Crippen LogP contribution >= 0.6 is 0 Å². The normalized spacial score (nSPS) is 13.6. The van der Waals surface area contributed by atoms with Gasteiger partial charge in [0.25, 0.3) is 5.91 Å². The number of hydrogen-bond donors (Lipinski definition) is 2. The van der Waals surface area contributed by atoms with Crippen molar-refractivity contribution in [1.82, 2.24) is 10.5 Å². The van der Waals surface area contributed by atoms with E-state index in [9.17, 15) is 14.7 Å². The Morgan fingerprint density at radius 2 is 1.83 bits per heavy atom. The molecule has 0 aliphatic rings. The summed E-state index contributed by atoms with van der Waals surface area (Å²) in [5.74, 6) is -1.49. The number of hydrogen-bond acceptors (Lipinski definition) is 4. The zero-order valence-electron chi connectivity index (χ0n) is 13.3. The summed E-state index contributed by atoms with van der Waals surface area (Å²) in [5.41, 5.74) is 0.871. The summed E-state index contributed by atoms with van der Waals surface area (Å²) in [7, 11) is 0. The van der Waals surface area contributed by atoms with E-state index in [4.69, 9.17) is 4.52 Å². The van der Waals surface area contributed by atoms with E-state index < -0.39 is 23.8 Å². The number of carboxylic acids is 1. The lowest BCUT2D eigenvalue weighted by molar-refractivity contribution is -0.142. The zero-order chi connectivity index (χ0) is 17.0. The van der Waals surface area contributed by atoms with Gasteiger partial charge in [0.1, 0.15) is 5.76 Å². The molecule has 0 fully saturated rings. The fourth-order valence-corrected chi connectivity index (χ4v) is 2.18. The fraction of sp³-hybridized carbons (Fsp3) is 0.353. The standard InChI is InChI=1S/C17H20N2O4/c1-10(2)14-9-13(19-23-14)16(20)18-15(11(3)17(21)22)12-7-5-4-6-8-12/h4-11,15H,1-3H3,(H,18,20)(H,21,22). The zero-order valence-corrected chi connectivity index (χ0v) is 13.3. The van der Waals surface area contributed by atoms with Crippen molar-refractivity contribution < 1.29 is 19.2 Å². The van der Waals surface area contributed by atoms with E-state index >= 15 is 0 Å². The van der Waals surface area contributed by atoms with E-state index in [0.717, 1.165) is 5.56 Å². The van der Waals surface area contributed by atoms with Gasteiger partial charge < -0.3 is 14.9 Å². The van der Waals surface area contributed by atoms with Crippen LogP contribution in [0.4, 0.5) is 0 Å². The summed E-state index contributed by atoms with van der Waals surface area (Å²) in [5, 5.41) is 15.8. The summed E-state index contributed by atoms with van der Waals surface area (Å²) in [6.45, 7) is 5.42. The van der Waals surface area contributed by atoms with Crippen molar-refractivity contribution in [3.05, 3.63) is 53.4 Å². The number of aliphatic carboxylic acids is 1. The predicted octanol–water partition coefficient (Wildman–Crippen LogP) is 2.99. The van der Waals surface area contributed by atoms with Gasteiger partial charge >= 0.3 is 5.97 Å². The summed E-state index contributed by atoms with van der Waals surface area (Å²) in [4.78, 5) is 23.7. The fourth-order valence-electron chi connectivity index (χ4n) is 2.18. The summed E-state index contributed by atoms with van der Waals surface area (Å²) in [6.07, 6.45) is 0. The van der Waals surface area contributed by atoms with Crippen LogP contribution < -0.4 is 5.32 Å². The van der Waals surface area contributed by atoms with Crippen molar-refractivity contribution >= 4 is 11.9 Å². The second kappa shape index (κ2) is 7.09. The summed E-state index contributed by atoms with van der Waals surface area (Å²) >= 11 is 0. The molecule has 0 bridgehead atoms. The molecule has 0 aliphatic carbocycles. The van der Waals surface area contributed by atoms with Gasteiger partial charge in [0, 0.05) is 12.0 Å². The number of nitrogens with one attached hydrogen (secondary N) is 1. The Morgan fingerprint density at radius 3 is 2.35 bits per heavy atom. The number of carboxylic acid groups (broad SMARTS) is 1. The maximum Gasteiger partial charge on any atom is 0.308 e. The lowest BCUT2D eigenvalue weighted by Gasteiger charge is -2.22. The van der Waals surface area contributed by atoms with Gasteiger partial charge in [0.15, 0.2) is 5.69 Å². The van der Waals surface area contributed by atoms with Gasteiger partial charge in [-0.25, -0.2) is 0 Å². The third-order valence-corrected chi connectivity index (χ3v) is 3.66. The number of carbonyl (C=O) groups is 2. The van der Waals surface area contributed by atoms with Crippen LogP contribution in [0.2, 0.25) is 0 Å². The molecule has 122 valence electrons. The van der Waals surface area contributed by atoms with E-state index in [1.807, 2.05) is 19.9 Å². The quantitative estimate of drug-likeness (QED) is 0.854. The third-order valence-electron chi connectivity index (χ3n) is 3.66. The molecule has 2 N–H and O–H groups in total. The van der Waals surface area contributed by atoms with Gasteiger partial charge in [-0.2, -0.15) is 0 Å². The molecule has 2 atom stereocenters. The van der Waals surface area contributed by atoms with Crippen LogP contribution in [0.15, 0.2) is 40.9 Å². The number of rotatable bonds is 6. The maximum atomic E-state index is 12.4. The van der Waals surface area contributed by atoms with Crippen molar-refractivity contribution in [2.75, 3.05) is 0 Å². The molecule has 0 aliphatic heterocycles. The second-order valence-corrected chi connectivity index (χ2v) is 5.76. The summed E-state index contributed by atoms with van der Waals surface area (Å²) in [6, 6.07) is 9.93. The highest BCUT2D eigenvalue weighted by Gasteiger charge is 2.28. The minimum absolute atomic E-state index is 0.118. The molecule has 2 aromatic rings. The Kier molecular flexibility index (Phi) is 5.16. The molecule has 2 unspecified atom stereocenters. The molecule has 0 spiro atoms. The molecule has 0 saturated heterocycles. The molecule has 1 amide bonds. The Labute approximate surface area is 134 Å². The number of benzene rings is 1. The van der Waals surface area contributed by atoms with Crippen LogP contribution in [0, 0.1) is 5.92 Å². The average Bonchev–Trinajstić information content (AvgIpc) is 3.03. The van der Waals surface area contributed by atoms with Crippen LogP contribution in [0.1, 0.15) is 54.5 Å². The first kappa shape index (κ1) is 16.7. The molecular formula is C17H20N2O4. The maximum absolute atomic E-state index is 12.4. The highest BCUT2D eigenvalue weighted by atomic mass is 16.5. The summed E-state index contributed by atoms with van der Waals surface area (Å²) < 4.78 is 5.12. The highest BCUT2D eigenvalue weighted by Crippen LogP contribution is 2.23. The largest absolute Gasteiger partial charge is 0.481 e. The molecule has 6 nitrogen and oxygen atoms in total. The van der Waals surface area contributed by atoms with Crippen LogP contribution in [0.25, 0.3) is 0 Å². The topological polar surface area (TPSA) is 92.4 Å². The minimum Gasteiger partial charge on any atom is -0.481 e. The van der Waals surface area contributed by atoms with Gasteiger partial charge in [-0.1, -0.05) is 49.3 Å². The molecule has 23 heavy (non-hydrogen) atoms. The number of nitrogens with zero attached hydrogens (tertiary/aromatic N) is 1. The predicted molar refractivity (Wildman–Crippen MR) is 84.0 cm³/mol. The van der Waals surface area contributed by atoms with Gasteiger partial charge in [-0.3, -0.25) is 9.59 Å². The van der Waals surface area contributed by atoms with E-state index in [-0.39, 0.29) is 11.6 Å². The molecule has 1 aromatic heterocycles. The molecule has 0 saturated carbocycles. The van der Waals surface area contributed by atoms with Gasteiger partial charge in [0.05, 0.1) is 12.0 Å². The van der Waals surface area contributed by atoms with Gasteiger partial charge in [0.2, 0.25) is 0 Å². The van der Waals surface area contributed by atoms with E-state index in [1.165, 1.54) is 0 Å². The van der Waals surface area contributed by atoms with E-state index in [2.05, 4.69) is 10.5 Å². The smallest absolute Gasteiger partial charge is 0.308 e. The van der Waals surface area contributed by atoms with Crippen LogP contribution in [0.3, 0.4) is 0 Å². The first-order chi connectivity index (χ1) is 10.9. The Hall–Kier alpha value is -2.63. The Morgan fingerprint density at radius 1 is 1.17 bits per heavy atom. The SMILES string of the molecule is CC(C)c1cc(C(=O)NC(c2ccccc2)C(C)C(=O)O)no1. The molecule has 1 heterocycles. The van der Waals surface area contributed by atoms with Crippen molar-refractivity contribution in [2.24, 2.45) is 5.92 Å². The van der Waals surface area contributed by atoms with Crippen molar-refractivity contribution in [2.45, 2.75) is 32.7 Å². The van der Waals surface area contributed by atoms with E-state index in [0.29, 0.717) is 5.76 Å². The lowest BCUT2D eigenvalue weighted by atomic mass is 9.94. The minimum atomic E-state index is -0.984.